The van der Waals surface area contributed by atoms with E-state index in [0.29, 0.717) is 19.4 Å². The first-order valence-corrected chi connectivity index (χ1v) is 10.3. The van der Waals surface area contributed by atoms with Crippen LogP contribution < -0.4 is 5.32 Å². The summed E-state index contributed by atoms with van der Waals surface area (Å²) in [5.74, 6) is -0.436. The number of aliphatic hydroxyl groups excluding tert-OH is 1. The molecule has 2 N–H and O–H groups in total. The summed E-state index contributed by atoms with van der Waals surface area (Å²) in [6.45, 7) is 2.20. The minimum atomic E-state index is -3.70. The molecular formula is C19H23N3O4S. The van der Waals surface area contributed by atoms with E-state index in [1.54, 1.807) is 42.5 Å². The van der Waals surface area contributed by atoms with Crippen molar-refractivity contribution in [2.75, 3.05) is 13.1 Å². The van der Waals surface area contributed by atoms with Gasteiger partial charge in [0.1, 0.15) is 5.69 Å². The van der Waals surface area contributed by atoms with Crippen LogP contribution in [0.2, 0.25) is 0 Å². The average molecular weight is 389 g/mol. The molecule has 2 heterocycles. The van der Waals surface area contributed by atoms with Gasteiger partial charge in [0.05, 0.1) is 17.0 Å². The molecule has 1 aliphatic heterocycles. The smallest absolute Gasteiger partial charge is 0.270 e. The lowest BCUT2D eigenvalue weighted by Crippen LogP contribution is -2.50. The molecule has 1 saturated heterocycles. The van der Waals surface area contributed by atoms with Gasteiger partial charge in [-0.1, -0.05) is 23.8 Å². The van der Waals surface area contributed by atoms with Crippen LogP contribution in [0.1, 0.15) is 28.9 Å². The first-order valence-electron chi connectivity index (χ1n) is 8.85. The molecule has 7 nitrogen and oxygen atoms in total. The van der Waals surface area contributed by atoms with E-state index in [4.69, 9.17) is 0 Å². The van der Waals surface area contributed by atoms with Gasteiger partial charge < -0.3 is 10.4 Å². The highest BCUT2D eigenvalue weighted by molar-refractivity contribution is 7.89. The third-order valence-electron chi connectivity index (χ3n) is 4.64. The molecule has 1 aromatic carbocycles. The van der Waals surface area contributed by atoms with E-state index in [9.17, 15) is 18.3 Å². The highest BCUT2D eigenvalue weighted by atomic mass is 32.2. The SMILES string of the molecule is Cc1ccc(S(=O)(=O)N2CCCC(O)C(NC(=O)c3ccccn3)C2)cc1. The summed E-state index contributed by atoms with van der Waals surface area (Å²) in [6, 6.07) is 10.9. The molecule has 3 rings (SSSR count). The van der Waals surface area contributed by atoms with Gasteiger partial charge >= 0.3 is 0 Å². The Balaban J connectivity index is 1.79. The van der Waals surface area contributed by atoms with Gasteiger partial charge in [-0.05, 0) is 44.0 Å². The number of amides is 1. The Morgan fingerprint density at radius 2 is 1.96 bits per heavy atom. The van der Waals surface area contributed by atoms with Crippen molar-refractivity contribution in [2.24, 2.45) is 0 Å². The summed E-state index contributed by atoms with van der Waals surface area (Å²) in [5.41, 5.74) is 1.20. The van der Waals surface area contributed by atoms with Crippen molar-refractivity contribution in [3.05, 3.63) is 59.9 Å². The number of nitrogens with one attached hydrogen (secondary N) is 1. The number of hydrogen-bond acceptors (Lipinski definition) is 5. The number of aromatic nitrogens is 1. The van der Waals surface area contributed by atoms with Gasteiger partial charge in [-0.2, -0.15) is 4.31 Å². The molecule has 0 aliphatic carbocycles. The van der Waals surface area contributed by atoms with E-state index in [-0.39, 0.29) is 17.1 Å². The van der Waals surface area contributed by atoms with Gasteiger partial charge in [-0.3, -0.25) is 9.78 Å². The summed E-state index contributed by atoms with van der Waals surface area (Å²) in [6.07, 6.45) is 1.61. The fourth-order valence-electron chi connectivity index (χ4n) is 3.07. The Morgan fingerprint density at radius 3 is 2.63 bits per heavy atom. The van der Waals surface area contributed by atoms with Crippen molar-refractivity contribution >= 4 is 15.9 Å². The van der Waals surface area contributed by atoms with E-state index in [0.717, 1.165) is 5.56 Å². The summed E-state index contributed by atoms with van der Waals surface area (Å²) in [7, 11) is -3.70. The zero-order valence-electron chi connectivity index (χ0n) is 15.1. The Morgan fingerprint density at radius 1 is 1.22 bits per heavy atom. The molecule has 0 saturated carbocycles. The fraction of sp³-hybridized carbons (Fsp3) is 0.368. The van der Waals surface area contributed by atoms with E-state index >= 15 is 0 Å². The second kappa shape index (κ2) is 8.16. The first-order chi connectivity index (χ1) is 12.9. The summed E-state index contributed by atoms with van der Waals surface area (Å²) >= 11 is 0. The maximum atomic E-state index is 13.0. The normalized spacial score (nSPS) is 21.4. The number of aliphatic hydroxyl groups is 1. The molecule has 0 radical (unpaired) electrons. The van der Waals surface area contributed by atoms with Crippen LogP contribution in [-0.4, -0.2) is 54.0 Å². The fourth-order valence-corrected chi connectivity index (χ4v) is 4.57. The first kappa shape index (κ1) is 19.5. The maximum Gasteiger partial charge on any atom is 0.270 e. The molecule has 0 spiro atoms. The highest BCUT2D eigenvalue weighted by Gasteiger charge is 2.33. The van der Waals surface area contributed by atoms with Crippen LogP contribution in [0.3, 0.4) is 0 Å². The van der Waals surface area contributed by atoms with Gasteiger partial charge in [0.15, 0.2) is 0 Å². The van der Waals surface area contributed by atoms with Gasteiger partial charge in [0.2, 0.25) is 10.0 Å². The highest BCUT2D eigenvalue weighted by Crippen LogP contribution is 2.21. The Labute approximate surface area is 159 Å². The maximum absolute atomic E-state index is 13.0. The second-order valence-electron chi connectivity index (χ2n) is 6.68. The van der Waals surface area contributed by atoms with Crippen molar-refractivity contribution < 1.29 is 18.3 Å². The van der Waals surface area contributed by atoms with Crippen LogP contribution in [0.4, 0.5) is 0 Å². The molecule has 2 atom stereocenters. The van der Waals surface area contributed by atoms with E-state index < -0.39 is 28.1 Å². The summed E-state index contributed by atoms with van der Waals surface area (Å²) < 4.78 is 27.3. The third kappa shape index (κ3) is 4.52. The largest absolute Gasteiger partial charge is 0.391 e. The minimum Gasteiger partial charge on any atom is -0.391 e. The monoisotopic (exact) mass is 389 g/mol. The number of nitrogens with zero attached hydrogens (tertiary/aromatic N) is 2. The van der Waals surface area contributed by atoms with Crippen LogP contribution in [-0.2, 0) is 10.0 Å². The van der Waals surface area contributed by atoms with Crippen molar-refractivity contribution in [3.63, 3.8) is 0 Å². The molecular weight excluding hydrogens is 366 g/mol. The quantitative estimate of drug-likeness (QED) is 0.822. The zero-order chi connectivity index (χ0) is 19.4. The topological polar surface area (TPSA) is 99.6 Å². The summed E-state index contributed by atoms with van der Waals surface area (Å²) in [4.78, 5) is 16.6. The molecule has 2 unspecified atom stereocenters. The molecule has 144 valence electrons. The Bertz CT molecular complexity index is 885. The Hall–Kier alpha value is -2.29. The Kier molecular flexibility index (Phi) is 5.88. The molecule has 1 aliphatic rings. The van der Waals surface area contributed by atoms with Crippen LogP contribution >= 0.6 is 0 Å². The lowest BCUT2D eigenvalue weighted by molar-refractivity contribution is 0.0816. The van der Waals surface area contributed by atoms with E-state index in [1.165, 1.54) is 10.5 Å². The van der Waals surface area contributed by atoms with E-state index in [1.807, 2.05) is 6.92 Å². The molecule has 1 aromatic heterocycles. The number of rotatable bonds is 4. The van der Waals surface area contributed by atoms with Gasteiger partial charge in [0.25, 0.3) is 5.91 Å². The third-order valence-corrected chi connectivity index (χ3v) is 6.52. The number of benzene rings is 1. The van der Waals surface area contributed by atoms with Gasteiger partial charge in [0, 0.05) is 19.3 Å². The van der Waals surface area contributed by atoms with Crippen LogP contribution in [0, 0.1) is 6.92 Å². The molecule has 27 heavy (non-hydrogen) atoms. The lowest BCUT2D eigenvalue weighted by Gasteiger charge is -2.26. The molecule has 1 amide bonds. The average Bonchev–Trinajstić information content (AvgIpc) is 2.85. The number of pyridine rings is 1. The number of aryl methyl sites for hydroxylation is 1. The predicted molar refractivity (Wildman–Crippen MR) is 101 cm³/mol. The molecule has 2 aromatic rings. The zero-order valence-corrected chi connectivity index (χ0v) is 15.9. The number of sulfonamides is 1. The van der Waals surface area contributed by atoms with Crippen LogP contribution in [0.5, 0.6) is 0 Å². The van der Waals surface area contributed by atoms with Crippen molar-refractivity contribution in [1.29, 1.82) is 0 Å². The van der Waals surface area contributed by atoms with Crippen LogP contribution in [0.15, 0.2) is 53.6 Å². The number of carbonyl (C=O) groups is 1. The van der Waals surface area contributed by atoms with Crippen molar-refractivity contribution in [3.8, 4) is 0 Å². The van der Waals surface area contributed by atoms with E-state index in [2.05, 4.69) is 10.3 Å². The van der Waals surface area contributed by atoms with Gasteiger partial charge in [-0.25, -0.2) is 8.42 Å². The van der Waals surface area contributed by atoms with Gasteiger partial charge in [-0.15, -0.1) is 0 Å². The predicted octanol–water partition coefficient (Wildman–Crippen LogP) is 1.33. The molecule has 8 heteroatoms. The van der Waals surface area contributed by atoms with Crippen molar-refractivity contribution in [1.82, 2.24) is 14.6 Å². The molecule has 0 bridgehead atoms. The number of carbonyl (C=O) groups excluding carboxylic acids is 1. The van der Waals surface area contributed by atoms with Crippen LogP contribution in [0.25, 0.3) is 0 Å². The second-order valence-corrected chi connectivity index (χ2v) is 8.62. The minimum absolute atomic E-state index is 0.00987. The lowest BCUT2D eigenvalue weighted by atomic mass is 10.1. The summed E-state index contributed by atoms with van der Waals surface area (Å²) in [5, 5.41) is 13.1. The van der Waals surface area contributed by atoms with Crippen molar-refractivity contribution in [2.45, 2.75) is 36.8 Å². The standard InChI is InChI=1S/C19H23N3O4S/c1-14-7-9-15(10-8-14)27(25,26)22-12-4-6-18(23)17(13-22)21-19(24)16-5-2-3-11-20-16/h2-3,5,7-11,17-18,23H,4,6,12-13H2,1H3,(H,21,24). The molecule has 1 fully saturated rings. The number of hydrogen-bond donors (Lipinski definition) is 2.